The van der Waals surface area contributed by atoms with Crippen molar-refractivity contribution in [3.8, 4) is 0 Å². The van der Waals surface area contributed by atoms with Crippen LogP contribution in [0.25, 0.3) is 0 Å². The first-order valence-electron chi connectivity index (χ1n) is 7.88. The summed E-state index contributed by atoms with van der Waals surface area (Å²) in [5.41, 5.74) is 0.103. The lowest BCUT2D eigenvalue weighted by molar-refractivity contribution is -0.141. The Hall–Kier alpha value is -0.0425. The highest BCUT2D eigenvalue weighted by Gasteiger charge is 2.43. The van der Waals surface area contributed by atoms with Crippen molar-refractivity contribution in [3.05, 3.63) is 12.2 Å². The third-order valence-electron chi connectivity index (χ3n) is 2.33. The summed E-state index contributed by atoms with van der Waals surface area (Å²) in [5, 5.41) is 0. The summed E-state index contributed by atoms with van der Waals surface area (Å²) in [4.78, 5) is 11.7. The Kier molecular flexibility index (Phi) is 8.86. The summed E-state index contributed by atoms with van der Waals surface area (Å²) in [6.07, 6.45) is 0.682. The molecule has 0 bridgehead atoms. The van der Waals surface area contributed by atoms with E-state index in [1.54, 1.807) is 6.92 Å². The number of hydrogen-bond acceptors (Lipinski definition) is 5. The van der Waals surface area contributed by atoms with E-state index >= 15 is 0 Å². The van der Waals surface area contributed by atoms with E-state index in [2.05, 4.69) is 45.9 Å². The highest BCUT2D eigenvalue weighted by atomic mass is 28.5. The fraction of sp³-hybridized carbons (Fsp3) is 0.786. The standard InChI is InChI=1S/C14H32O5Si4/c1-11-13(16-14(15)12(2)3)20-17-23(10,18-21(4,5)6)19-22(7,8)9/h13H,2,11H2,1,3-10H3. The fourth-order valence-electron chi connectivity index (χ4n) is 1.77. The van der Waals surface area contributed by atoms with Gasteiger partial charge in [0.15, 0.2) is 16.6 Å². The second-order valence-corrected chi connectivity index (χ2v) is 21.1. The molecule has 0 saturated carbocycles. The third-order valence-corrected chi connectivity index (χ3v) is 12.9. The molecule has 5 nitrogen and oxygen atoms in total. The van der Waals surface area contributed by atoms with Crippen molar-refractivity contribution in [3.63, 3.8) is 0 Å². The average Bonchev–Trinajstić information content (AvgIpc) is 2.28. The molecule has 0 aromatic carbocycles. The molecule has 0 amide bonds. The maximum atomic E-state index is 11.7. The van der Waals surface area contributed by atoms with Crippen LogP contribution in [0.4, 0.5) is 0 Å². The number of hydrogen-bond donors (Lipinski definition) is 0. The lowest BCUT2D eigenvalue weighted by Gasteiger charge is -2.37. The summed E-state index contributed by atoms with van der Waals surface area (Å²) >= 11 is 0. The molecule has 0 heterocycles. The molecule has 0 aromatic heterocycles. The number of esters is 1. The first-order valence-corrected chi connectivity index (χ1v) is 17.9. The van der Waals surface area contributed by atoms with Crippen molar-refractivity contribution < 1.29 is 21.9 Å². The summed E-state index contributed by atoms with van der Waals surface area (Å²) in [7, 11) is -6.37. The van der Waals surface area contributed by atoms with Crippen LogP contribution >= 0.6 is 0 Å². The quantitative estimate of drug-likeness (QED) is 0.322. The molecule has 134 valence electrons. The number of carbonyl (C=O) groups is 1. The second-order valence-electron chi connectivity index (χ2n) is 7.59. The maximum absolute atomic E-state index is 11.7. The van der Waals surface area contributed by atoms with Gasteiger partial charge in [-0.25, -0.2) is 4.79 Å². The molecule has 0 fully saturated rings. The van der Waals surface area contributed by atoms with Crippen molar-refractivity contribution in [2.45, 2.75) is 71.8 Å². The summed E-state index contributed by atoms with van der Waals surface area (Å²) < 4.78 is 24.0. The average molecular weight is 393 g/mol. The van der Waals surface area contributed by atoms with Gasteiger partial charge < -0.3 is 17.1 Å². The van der Waals surface area contributed by atoms with Crippen molar-refractivity contribution in [1.29, 1.82) is 0 Å². The van der Waals surface area contributed by atoms with Crippen LogP contribution in [-0.2, 0) is 21.9 Å². The SMILES string of the molecule is C=C(C)C(=O)OC(CC)[Si]O[Si](C)(O[Si](C)(C)C)O[Si](C)(C)C. The van der Waals surface area contributed by atoms with E-state index in [1.165, 1.54) is 0 Å². The smallest absolute Gasteiger partial charge is 0.460 e. The van der Waals surface area contributed by atoms with Gasteiger partial charge in [0, 0.05) is 12.1 Å². The minimum Gasteiger partial charge on any atom is -0.460 e. The van der Waals surface area contributed by atoms with Crippen molar-refractivity contribution in [2.75, 3.05) is 0 Å². The monoisotopic (exact) mass is 392 g/mol. The van der Waals surface area contributed by atoms with Gasteiger partial charge in [0.25, 0.3) is 9.76 Å². The van der Waals surface area contributed by atoms with Gasteiger partial charge in [-0.2, -0.15) is 0 Å². The van der Waals surface area contributed by atoms with E-state index in [4.69, 9.17) is 17.1 Å². The molecule has 9 heteroatoms. The largest absolute Gasteiger partial charge is 0.466 e. The van der Waals surface area contributed by atoms with Crippen LogP contribution in [0, 0.1) is 0 Å². The molecule has 1 atom stereocenters. The molecule has 0 N–H and O–H groups in total. The summed E-state index contributed by atoms with van der Waals surface area (Å²) in [6.45, 7) is 21.9. The normalized spacial score (nSPS) is 14.5. The molecule has 2 radical (unpaired) electrons. The number of rotatable bonds is 10. The molecule has 1 unspecified atom stereocenters. The van der Waals surface area contributed by atoms with Crippen LogP contribution in [0.5, 0.6) is 0 Å². The zero-order valence-corrected chi connectivity index (χ0v) is 20.0. The van der Waals surface area contributed by atoms with Gasteiger partial charge in [-0.3, -0.25) is 0 Å². The van der Waals surface area contributed by atoms with Crippen molar-refractivity contribution in [1.82, 2.24) is 0 Å². The Morgan fingerprint density at radius 1 is 1.04 bits per heavy atom. The Balaban J connectivity index is 4.94. The lowest BCUT2D eigenvalue weighted by atomic mass is 10.4. The van der Waals surface area contributed by atoms with Gasteiger partial charge in [0.2, 0.25) is 0 Å². The van der Waals surface area contributed by atoms with Crippen LogP contribution < -0.4 is 0 Å². The molecule has 0 aliphatic rings. The van der Waals surface area contributed by atoms with Gasteiger partial charge >= 0.3 is 14.8 Å². The van der Waals surface area contributed by atoms with Crippen molar-refractivity contribution in [2.24, 2.45) is 0 Å². The molecule has 0 aliphatic heterocycles. The maximum Gasteiger partial charge on any atom is 0.466 e. The zero-order valence-electron chi connectivity index (χ0n) is 16.0. The Morgan fingerprint density at radius 2 is 1.48 bits per heavy atom. The summed E-state index contributed by atoms with van der Waals surface area (Å²) in [5.74, 6) is -0.381. The third kappa shape index (κ3) is 11.2. The van der Waals surface area contributed by atoms with E-state index in [0.29, 0.717) is 12.0 Å². The number of ether oxygens (including phenoxy) is 1. The van der Waals surface area contributed by atoms with Crippen LogP contribution in [-0.4, -0.2) is 46.9 Å². The van der Waals surface area contributed by atoms with E-state index in [9.17, 15) is 4.79 Å². The van der Waals surface area contributed by atoms with Gasteiger partial charge in [-0.05, 0) is 52.6 Å². The van der Waals surface area contributed by atoms with Gasteiger partial charge in [-0.1, -0.05) is 13.5 Å². The molecular weight excluding hydrogens is 360 g/mol. The topological polar surface area (TPSA) is 54.0 Å². The zero-order chi connectivity index (χ0) is 18.5. The minimum absolute atomic E-state index is 0.00403. The fourth-order valence-corrected chi connectivity index (χ4v) is 14.0. The van der Waals surface area contributed by atoms with Crippen LogP contribution in [0.15, 0.2) is 12.2 Å². The minimum atomic E-state index is -2.76. The Labute approximate surface area is 147 Å². The lowest BCUT2D eigenvalue weighted by Crippen LogP contribution is -2.56. The highest BCUT2D eigenvalue weighted by Crippen LogP contribution is 2.22. The molecule has 0 aromatic rings. The van der Waals surface area contributed by atoms with Gasteiger partial charge in [0.1, 0.15) is 5.73 Å². The Bertz CT molecular complexity index is 398. The van der Waals surface area contributed by atoms with E-state index in [-0.39, 0.29) is 21.5 Å². The molecule has 0 saturated heterocycles. The predicted octanol–water partition coefficient (Wildman–Crippen LogP) is 3.75. The van der Waals surface area contributed by atoms with Gasteiger partial charge in [-0.15, -0.1) is 0 Å². The van der Waals surface area contributed by atoms with Crippen molar-refractivity contribution >= 4 is 41.2 Å². The van der Waals surface area contributed by atoms with E-state index in [1.807, 2.05) is 13.5 Å². The highest BCUT2D eigenvalue weighted by molar-refractivity contribution is 6.86. The van der Waals surface area contributed by atoms with E-state index in [0.717, 1.165) is 0 Å². The molecule has 23 heavy (non-hydrogen) atoms. The number of carbonyl (C=O) groups excluding carboxylic acids is 1. The molecule has 0 rings (SSSR count). The van der Waals surface area contributed by atoms with Crippen LogP contribution in [0.2, 0.25) is 45.8 Å². The van der Waals surface area contributed by atoms with Gasteiger partial charge in [0.05, 0.1) is 0 Å². The first-order chi connectivity index (χ1) is 10.2. The van der Waals surface area contributed by atoms with Crippen LogP contribution in [0.3, 0.4) is 0 Å². The summed E-state index contributed by atoms with van der Waals surface area (Å²) in [6, 6.07) is 0. The second kappa shape index (κ2) is 8.88. The molecule has 0 aliphatic carbocycles. The first kappa shape index (κ1) is 23.0. The van der Waals surface area contributed by atoms with Crippen LogP contribution in [0.1, 0.15) is 20.3 Å². The molecular formula is C14H32O5Si4. The van der Waals surface area contributed by atoms with E-state index < -0.39 is 25.4 Å². The predicted molar refractivity (Wildman–Crippen MR) is 102 cm³/mol. The Morgan fingerprint density at radius 3 is 1.78 bits per heavy atom. The molecule has 0 spiro atoms.